The van der Waals surface area contributed by atoms with Crippen LogP contribution in [0.5, 0.6) is 0 Å². The van der Waals surface area contributed by atoms with Gasteiger partial charge in [0.25, 0.3) is 5.56 Å². The van der Waals surface area contributed by atoms with E-state index in [0.29, 0.717) is 11.2 Å². The lowest BCUT2D eigenvalue weighted by Crippen LogP contribution is -2.27. The highest BCUT2D eigenvalue weighted by Crippen LogP contribution is 2.24. The Morgan fingerprint density at radius 3 is 2.57 bits per heavy atom. The van der Waals surface area contributed by atoms with Crippen molar-refractivity contribution in [2.24, 2.45) is 7.05 Å². The highest BCUT2D eigenvalue weighted by Gasteiger charge is 2.20. The first kappa shape index (κ1) is 14.7. The minimum atomic E-state index is -0.0522. The quantitative estimate of drug-likeness (QED) is 0.656. The van der Waals surface area contributed by atoms with Crippen LogP contribution in [0.4, 0.5) is 5.95 Å². The lowest BCUT2D eigenvalue weighted by atomic mass is 10.2. The first-order valence-corrected chi connectivity index (χ1v) is 8.74. The third kappa shape index (κ3) is 2.34. The molecule has 1 saturated heterocycles. The molecule has 1 aliphatic rings. The topological polar surface area (TPSA) is 55.4 Å². The molecule has 0 bridgehead atoms. The zero-order valence-electron chi connectivity index (χ0n) is 13.0. The number of aryl methyl sites for hydroxylation is 1. The van der Waals surface area contributed by atoms with Crippen LogP contribution in [0.2, 0.25) is 0 Å². The highest BCUT2D eigenvalue weighted by molar-refractivity contribution is 9.10. The van der Waals surface area contributed by atoms with Gasteiger partial charge < -0.3 is 4.90 Å². The van der Waals surface area contributed by atoms with Gasteiger partial charge in [0.15, 0.2) is 0 Å². The van der Waals surface area contributed by atoms with E-state index in [2.05, 4.69) is 31.0 Å². The van der Waals surface area contributed by atoms with Crippen molar-refractivity contribution in [1.82, 2.24) is 19.2 Å². The Morgan fingerprint density at radius 1 is 1.09 bits per heavy atom. The van der Waals surface area contributed by atoms with Gasteiger partial charge in [-0.15, -0.1) is 10.2 Å². The SMILES string of the molecule is Cn1c(=O)c2cc(Br)ccc2n2c(N3CCCCCC3)nnc12. The van der Waals surface area contributed by atoms with Crippen molar-refractivity contribution < 1.29 is 0 Å². The van der Waals surface area contributed by atoms with Crippen molar-refractivity contribution in [2.75, 3.05) is 18.0 Å². The van der Waals surface area contributed by atoms with E-state index in [4.69, 9.17) is 0 Å². The molecule has 120 valence electrons. The Bertz CT molecular complexity index is 937. The van der Waals surface area contributed by atoms with Crippen molar-refractivity contribution in [1.29, 1.82) is 0 Å². The minimum Gasteiger partial charge on any atom is -0.341 e. The van der Waals surface area contributed by atoms with Crippen LogP contribution >= 0.6 is 15.9 Å². The summed E-state index contributed by atoms with van der Waals surface area (Å²) in [4.78, 5) is 14.9. The van der Waals surface area contributed by atoms with Gasteiger partial charge in [-0.1, -0.05) is 28.8 Å². The molecule has 3 aromatic rings. The zero-order valence-corrected chi connectivity index (χ0v) is 14.6. The van der Waals surface area contributed by atoms with Crippen LogP contribution in [0, 0.1) is 0 Å². The molecular weight excluding hydrogens is 358 g/mol. The van der Waals surface area contributed by atoms with E-state index in [9.17, 15) is 4.79 Å². The Hall–Kier alpha value is -1.89. The summed E-state index contributed by atoms with van der Waals surface area (Å²) in [5.74, 6) is 1.42. The van der Waals surface area contributed by atoms with Crippen molar-refractivity contribution in [3.05, 3.63) is 33.0 Å². The predicted molar refractivity (Wildman–Crippen MR) is 94.1 cm³/mol. The van der Waals surface area contributed by atoms with Crippen LogP contribution in [-0.4, -0.2) is 32.3 Å². The summed E-state index contributed by atoms with van der Waals surface area (Å²) in [6, 6.07) is 5.77. The summed E-state index contributed by atoms with van der Waals surface area (Å²) in [6.45, 7) is 1.98. The first-order chi connectivity index (χ1) is 11.2. The van der Waals surface area contributed by atoms with Crippen LogP contribution in [0.1, 0.15) is 25.7 Å². The van der Waals surface area contributed by atoms with Gasteiger partial charge in [0, 0.05) is 24.6 Å². The fourth-order valence-electron chi connectivity index (χ4n) is 3.32. The number of hydrogen-bond acceptors (Lipinski definition) is 4. The second-order valence-electron chi connectivity index (χ2n) is 6.06. The molecule has 0 spiro atoms. The summed E-state index contributed by atoms with van der Waals surface area (Å²) in [5.41, 5.74) is 0.805. The predicted octanol–water partition coefficient (Wildman–Crippen LogP) is 2.72. The van der Waals surface area contributed by atoms with Gasteiger partial charge in [-0.25, -0.2) is 4.40 Å². The molecule has 0 aliphatic carbocycles. The first-order valence-electron chi connectivity index (χ1n) is 7.95. The second kappa shape index (κ2) is 5.63. The lowest BCUT2D eigenvalue weighted by molar-refractivity contribution is 0.726. The third-order valence-corrected chi connectivity index (χ3v) is 5.05. The third-order valence-electron chi connectivity index (χ3n) is 4.55. The van der Waals surface area contributed by atoms with E-state index in [1.165, 1.54) is 25.7 Å². The molecule has 0 amide bonds. The van der Waals surface area contributed by atoms with Crippen LogP contribution in [-0.2, 0) is 7.05 Å². The molecule has 7 heteroatoms. The average molecular weight is 376 g/mol. The fourth-order valence-corrected chi connectivity index (χ4v) is 3.68. The zero-order chi connectivity index (χ0) is 16.0. The molecule has 0 unspecified atom stereocenters. The van der Waals surface area contributed by atoms with Gasteiger partial charge in [-0.05, 0) is 31.0 Å². The Labute approximate surface area is 141 Å². The van der Waals surface area contributed by atoms with E-state index in [1.54, 1.807) is 11.6 Å². The number of benzene rings is 1. The molecular formula is C16H18BrN5O. The number of rotatable bonds is 1. The number of aromatic nitrogens is 4. The Morgan fingerprint density at radius 2 is 1.83 bits per heavy atom. The highest BCUT2D eigenvalue weighted by atomic mass is 79.9. The summed E-state index contributed by atoms with van der Waals surface area (Å²) < 4.78 is 4.48. The fraction of sp³-hybridized carbons (Fsp3) is 0.438. The molecule has 0 atom stereocenters. The molecule has 23 heavy (non-hydrogen) atoms. The number of anilines is 1. The minimum absolute atomic E-state index is 0.0522. The van der Waals surface area contributed by atoms with Crippen molar-refractivity contribution in [2.45, 2.75) is 25.7 Å². The molecule has 0 N–H and O–H groups in total. The average Bonchev–Trinajstić information content (AvgIpc) is 2.81. The maximum atomic E-state index is 12.6. The summed E-state index contributed by atoms with van der Waals surface area (Å²) in [7, 11) is 1.75. The van der Waals surface area contributed by atoms with Crippen LogP contribution in [0.3, 0.4) is 0 Å². The van der Waals surface area contributed by atoms with E-state index in [0.717, 1.165) is 29.0 Å². The normalized spacial score (nSPS) is 16.2. The molecule has 6 nitrogen and oxygen atoms in total. The molecule has 2 aromatic heterocycles. The van der Waals surface area contributed by atoms with Crippen LogP contribution in [0.15, 0.2) is 27.5 Å². The van der Waals surface area contributed by atoms with Gasteiger partial charge in [-0.3, -0.25) is 9.36 Å². The van der Waals surface area contributed by atoms with Crippen molar-refractivity contribution >= 4 is 38.6 Å². The molecule has 1 aromatic carbocycles. The van der Waals surface area contributed by atoms with Gasteiger partial charge in [0.05, 0.1) is 10.9 Å². The van der Waals surface area contributed by atoms with E-state index < -0.39 is 0 Å². The summed E-state index contributed by atoms with van der Waals surface area (Å²) >= 11 is 3.45. The van der Waals surface area contributed by atoms with Crippen molar-refractivity contribution in [3.63, 3.8) is 0 Å². The molecule has 0 radical (unpaired) electrons. The maximum absolute atomic E-state index is 12.6. The second-order valence-corrected chi connectivity index (χ2v) is 6.98. The number of halogens is 1. The standard InChI is InChI=1S/C16H18BrN5O/c1-20-14(23)12-10-11(17)6-7-13(12)22-15(20)18-19-16(22)21-8-4-2-3-5-9-21/h6-7,10H,2-5,8-9H2,1H3. The molecule has 1 aliphatic heterocycles. The summed E-state index contributed by atoms with van der Waals surface area (Å²) in [6.07, 6.45) is 4.87. The summed E-state index contributed by atoms with van der Waals surface area (Å²) in [5, 5.41) is 9.35. The van der Waals surface area contributed by atoms with Crippen LogP contribution in [0.25, 0.3) is 16.7 Å². The van der Waals surface area contributed by atoms with E-state index in [1.807, 2.05) is 22.6 Å². The number of nitrogens with zero attached hydrogens (tertiary/aromatic N) is 5. The van der Waals surface area contributed by atoms with Gasteiger partial charge in [-0.2, -0.15) is 0 Å². The largest absolute Gasteiger partial charge is 0.341 e. The molecule has 3 heterocycles. The Balaban J connectivity index is 2.03. The van der Waals surface area contributed by atoms with E-state index in [-0.39, 0.29) is 5.56 Å². The van der Waals surface area contributed by atoms with Gasteiger partial charge in [0.2, 0.25) is 11.7 Å². The van der Waals surface area contributed by atoms with Gasteiger partial charge >= 0.3 is 0 Å². The van der Waals surface area contributed by atoms with Crippen LogP contribution < -0.4 is 10.5 Å². The molecule has 1 fully saturated rings. The monoisotopic (exact) mass is 375 g/mol. The van der Waals surface area contributed by atoms with Gasteiger partial charge in [0.1, 0.15) is 0 Å². The lowest BCUT2D eigenvalue weighted by Gasteiger charge is -2.20. The van der Waals surface area contributed by atoms with Crippen molar-refractivity contribution in [3.8, 4) is 0 Å². The molecule has 0 saturated carbocycles. The molecule has 4 rings (SSSR count). The smallest absolute Gasteiger partial charge is 0.262 e. The maximum Gasteiger partial charge on any atom is 0.262 e. The van der Waals surface area contributed by atoms with E-state index >= 15 is 0 Å². The number of hydrogen-bond donors (Lipinski definition) is 0. The Kier molecular flexibility index (Phi) is 3.60. The number of fused-ring (bicyclic) bond motifs is 3.